The second kappa shape index (κ2) is 9.53. The van der Waals surface area contributed by atoms with Gasteiger partial charge in [0.25, 0.3) is 10.0 Å². The Morgan fingerprint density at radius 1 is 1.03 bits per heavy atom. The lowest BCUT2D eigenvalue weighted by molar-refractivity contribution is 0.309. The van der Waals surface area contributed by atoms with Gasteiger partial charge < -0.3 is 4.74 Å². The van der Waals surface area contributed by atoms with Crippen LogP contribution in [0.5, 0.6) is 5.75 Å². The van der Waals surface area contributed by atoms with E-state index < -0.39 is 10.0 Å². The third-order valence-electron chi connectivity index (χ3n) is 5.29. The van der Waals surface area contributed by atoms with Crippen molar-refractivity contribution in [3.8, 4) is 5.75 Å². The maximum Gasteiger partial charge on any atom is 0.261 e. The van der Waals surface area contributed by atoms with E-state index in [2.05, 4.69) is 16.6 Å². The van der Waals surface area contributed by atoms with Crippen molar-refractivity contribution >= 4 is 21.4 Å². The van der Waals surface area contributed by atoms with E-state index in [1.165, 1.54) is 24.3 Å². The fourth-order valence-corrected chi connectivity index (χ4v) is 4.63. The van der Waals surface area contributed by atoms with Gasteiger partial charge in [-0.3, -0.25) is 9.71 Å². The lowest BCUT2D eigenvalue weighted by Gasteiger charge is -2.17. The van der Waals surface area contributed by atoms with Gasteiger partial charge in [-0.15, -0.1) is 0 Å². The van der Waals surface area contributed by atoms with Crippen molar-refractivity contribution in [3.63, 3.8) is 0 Å². The summed E-state index contributed by atoms with van der Waals surface area (Å²) < 4.78 is 47.4. The molecule has 0 aromatic heterocycles. The van der Waals surface area contributed by atoms with E-state index in [0.717, 1.165) is 41.7 Å². The van der Waals surface area contributed by atoms with Gasteiger partial charge in [-0.2, -0.15) is 0 Å². The maximum absolute atomic E-state index is 13.8. The molecule has 3 aromatic rings. The second-order valence-electron chi connectivity index (χ2n) is 7.64. The van der Waals surface area contributed by atoms with E-state index in [1.54, 1.807) is 42.5 Å². The Hall–Kier alpha value is -3.19. The molecule has 0 amide bonds. The lowest BCUT2D eigenvalue weighted by atomic mass is 9.93. The molecule has 0 saturated heterocycles. The number of sulfonamides is 1. The number of ether oxygens (including phenoxy) is 1. The van der Waals surface area contributed by atoms with Gasteiger partial charge in [0.1, 0.15) is 11.6 Å². The summed E-state index contributed by atoms with van der Waals surface area (Å²) in [5.74, 6) is 0.344. The molecule has 0 bridgehead atoms. The van der Waals surface area contributed by atoms with Gasteiger partial charge in [0.15, 0.2) is 0 Å². The molecule has 1 aliphatic heterocycles. The molecule has 0 radical (unpaired) electrons. The van der Waals surface area contributed by atoms with E-state index >= 15 is 0 Å². The third kappa shape index (κ3) is 4.99. The zero-order valence-corrected chi connectivity index (χ0v) is 18.7. The number of anilines is 1. The van der Waals surface area contributed by atoms with Gasteiger partial charge in [0.2, 0.25) is 0 Å². The SMILES string of the molecule is CCCCOc1ccc(S(=O)(=O)Nc2ccc(C3=NCCc4ccc(F)cc43)cc2)cc1. The Morgan fingerprint density at radius 2 is 1.78 bits per heavy atom. The molecular formula is C25H25FN2O3S. The standard InChI is InChI=1S/C25H25FN2O3S/c1-2-3-16-31-22-10-12-23(13-11-22)32(29,30)28-21-8-5-19(6-9-21)25-24-17-20(26)7-4-18(24)14-15-27-25/h4-13,17,28H,2-3,14-16H2,1H3. The topological polar surface area (TPSA) is 67.8 Å². The van der Waals surface area contributed by atoms with E-state index in [0.29, 0.717) is 24.6 Å². The summed E-state index contributed by atoms with van der Waals surface area (Å²) in [5.41, 5.74) is 3.81. The van der Waals surface area contributed by atoms with Gasteiger partial charge in [0.05, 0.1) is 17.2 Å². The van der Waals surface area contributed by atoms with Crippen molar-refractivity contribution in [1.82, 2.24) is 0 Å². The Kier molecular flexibility index (Phi) is 6.55. The monoisotopic (exact) mass is 452 g/mol. The fourth-order valence-electron chi connectivity index (χ4n) is 3.57. The Balaban J connectivity index is 1.48. The summed E-state index contributed by atoms with van der Waals surface area (Å²) >= 11 is 0. The molecule has 5 nitrogen and oxygen atoms in total. The van der Waals surface area contributed by atoms with Crippen molar-refractivity contribution in [2.24, 2.45) is 4.99 Å². The van der Waals surface area contributed by atoms with Crippen LogP contribution in [-0.4, -0.2) is 27.3 Å². The number of unbranched alkanes of at least 4 members (excludes halogenated alkanes) is 1. The minimum Gasteiger partial charge on any atom is -0.494 e. The van der Waals surface area contributed by atoms with Gasteiger partial charge in [-0.1, -0.05) is 31.5 Å². The Morgan fingerprint density at radius 3 is 2.50 bits per heavy atom. The third-order valence-corrected chi connectivity index (χ3v) is 6.69. The van der Waals surface area contributed by atoms with Crippen LogP contribution in [0, 0.1) is 5.82 Å². The molecule has 32 heavy (non-hydrogen) atoms. The molecule has 1 aliphatic rings. The molecule has 4 rings (SSSR count). The molecule has 166 valence electrons. The molecule has 0 saturated carbocycles. The number of hydrogen-bond acceptors (Lipinski definition) is 4. The average molecular weight is 453 g/mol. The lowest BCUT2D eigenvalue weighted by Crippen LogP contribution is -2.15. The van der Waals surface area contributed by atoms with Crippen LogP contribution in [0.15, 0.2) is 76.6 Å². The zero-order chi connectivity index (χ0) is 22.6. The highest BCUT2D eigenvalue weighted by molar-refractivity contribution is 7.92. The van der Waals surface area contributed by atoms with Crippen LogP contribution >= 0.6 is 0 Å². The number of benzene rings is 3. The van der Waals surface area contributed by atoms with Crippen LogP contribution in [0.2, 0.25) is 0 Å². The van der Waals surface area contributed by atoms with E-state index in [-0.39, 0.29) is 10.7 Å². The largest absolute Gasteiger partial charge is 0.494 e. The smallest absolute Gasteiger partial charge is 0.261 e. The Bertz CT molecular complexity index is 1220. The molecule has 0 fully saturated rings. The first-order valence-electron chi connectivity index (χ1n) is 10.7. The molecule has 7 heteroatoms. The van der Waals surface area contributed by atoms with Gasteiger partial charge in [-0.05, 0) is 66.9 Å². The number of nitrogens with zero attached hydrogens (tertiary/aromatic N) is 1. The minimum atomic E-state index is -3.73. The fraction of sp³-hybridized carbons (Fsp3) is 0.240. The van der Waals surface area contributed by atoms with Gasteiger partial charge in [-0.25, -0.2) is 12.8 Å². The predicted octanol–water partition coefficient (Wildman–Crippen LogP) is 5.20. The first-order valence-corrected chi connectivity index (χ1v) is 12.1. The van der Waals surface area contributed by atoms with E-state index in [4.69, 9.17) is 4.74 Å². The van der Waals surface area contributed by atoms with Gasteiger partial charge in [0, 0.05) is 23.4 Å². The number of fused-ring (bicyclic) bond motifs is 1. The quantitative estimate of drug-likeness (QED) is 0.478. The van der Waals surface area contributed by atoms with Crippen LogP contribution in [-0.2, 0) is 16.4 Å². The highest BCUT2D eigenvalue weighted by Gasteiger charge is 2.18. The van der Waals surface area contributed by atoms with Crippen LogP contribution in [0.25, 0.3) is 0 Å². The number of hydrogen-bond donors (Lipinski definition) is 1. The number of halogens is 1. The molecule has 1 heterocycles. The van der Waals surface area contributed by atoms with E-state index in [9.17, 15) is 12.8 Å². The van der Waals surface area contributed by atoms with Crippen LogP contribution in [0.4, 0.5) is 10.1 Å². The first-order chi connectivity index (χ1) is 15.5. The molecule has 0 unspecified atom stereocenters. The minimum absolute atomic E-state index is 0.158. The molecule has 0 aliphatic carbocycles. The number of rotatable bonds is 8. The summed E-state index contributed by atoms with van der Waals surface area (Å²) in [5, 5.41) is 0. The maximum atomic E-state index is 13.8. The van der Waals surface area contributed by atoms with Crippen LogP contribution in [0.1, 0.15) is 36.5 Å². The van der Waals surface area contributed by atoms with Crippen molar-refractivity contribution < 1.29 is 17.5 Å². The second-order valence-corrected chi connectivity index (χ2v) is 9.32. The van der Waals surface area contributed by atoms with Crippen molar-refractivity contribution in [3.05, 3.63) is 89.2 Å². The molecule has 0 atom stereocenters. The van der Waals surface area contributed by atoms with Crippen molar-refractivity contribution in [2.75, 3.05) is 17.9 Å². The molecule has 0 spiro atoms. The molecule has 1 N–H and O–H groups in total. The van der Waals surface area contributed by atoms with Crippen LogP contribution in [0.3, 0.4) is 0 Å². The molecular weight excluding hydrogens is 427 g/mol. The highest BCUT2D eigenvalue weighted by atomic mass is 32.2. The van der Waals surface area contributed by atoms with Crippen LogP contribution < -0.4 is 9.46 Å². The summed E-state index contributed by atoms with van der Waals surface area (Å²) in [4.78, 5) is 4.73. The average Bonchev–Trinajstić information content (AvgIpc) is 2.79. The summed E-state index contributed by atoms with van der Waals surface area (Å²) in [6.45, 7) is 3.33. The first kappa shape index (κ1) is 22.0. The normalized spacial score (nSPS) is 13.2. The highest BCUT2D eigenvalue weighted by Crippen LogP contribution is 2.24. The predicted molar refractivity (Wildman–Crippen MR) is 125 cm³/mol. The number of aliphatic imine (C=N–C) groups is 1. The summed E-state index contributed by atoms with van der Waals surface area (Å²) in [6.07, 6.45) is 2.76. The van der Waals surface area contributed by atoms with Crippen molar-refractivity contribution in [2.45, 2.75) is 31.1 Å². The zero-order valence-electron chi connectivity index (χ0n) is 17.8. The summed E-state index contributed by atoms with van der Waals surface area (Å²) in [6, 6.07) is 18.1. The van der Waals surface area contributed by atoms with Crippen molar-refractivity contribution in [1.29, 1.82) is 0 Å². The molecule has 3 aromatic carbocycles. The van der Waals surface area contributed by atoms with Gasteiger partial charge >= 0.3 is 0 Å². The summed E-state index contributed by atoms with van der Waals surface area (Å²) in [7, 11) is -3.73. The van der Waals surface area contributed by atoms with E-state index in [1.807, 2.05) is 0 Å². The Labute approximate surface area is 188 Å². The number of nitrogens with one attached hydrogen (secondary N) is 1.